The van der Waals surface area contributed by atoms with E-state index < -0.39 is 0 Å². The lowest BCUT2D eigenvalue weighted by Crippen LogP contribution is -2.50. The molecule has 0 bridgehead atoms. The maximum Gasteiger partial charge on any atom is 0.237 e. The molecular weight excluding hydrogens is 1550 g/mol. The lowest BCUT2D eigenvalue weighted by atomic mass is 9.86. The molecule has 0 aliphatic carbocycles. The molecule has 5 atom stereocenters. The fraction of sp³-hybridized carbons (Fsp3) is 0.588. The van der Waals surface area contributed by atoms with Crippen molar-refractivity contribution >= 4 is 34.5 Å². The summed E-state index contributed by atoms with van der Waals surface area (Å²) in [5.41, 5.74) is 24.9. The molecule has 5 unspecified atom stereocenters. The number of hydrogen-bond acceptors (Lipinski definition) is 10. The number of benzene rings is 7. The number of morpholine rings is 1. The van der Waals surface area contributed by atoms with Crippen molar-refractivity contribution in [3.8, 4) is 0 Å². The van der Waals surface area contributed by atoms with Gasteiger partial charge in [0.25, 0.3) is 0 Å². The van der Waals surface area contributed by atoms with E-state index in [1.54, 1.807) is 11.8 Å². The fourth-order valence-corrected chi connectivity index (χ4v) is 19.7. The number of carbonyl (C=O) groups is 1. The summed E-state index contributed by atoms with van der Waals surface area (Å²) in [7, 11) is 8.79. The number of piperazine rings is 1. The van der Waals surface area contributed by atoms with Gasteiger partial charge in [0.1, 0.15) is 5.25 Å². The number of nitrogens with zero attached hydrogens (tertiary/aromatic N) is 6. The van der Waals surface area contributed by atoms with Crippen LogP contribution < -0.4 is 15.5 Å². The van der Waals surface area contributed by atoms with Crippen LogP contribution in [0, 0.1) is 38.4 Å². The molecule has 7 aromatic carbocycles. The maximum absolute atomic E-state index is 11.8. The second-order valence-electron chi connectivity index (χ2n) is 45.8. The van der Waals surface area contributed by atoms with Crippen LogP contribution in [0.2, 0.25) is 0 Å². The normalized spacial score (nSPS) is 20.8. The average molecular weight is 1720 g/mol. The summed E-state index contributed by atoms with van der Waals surface area (Å²) < 4.78 is 5.83. The van der Waals surface area contributed by atoms with Crippen molar-refractivity contribution in [1.82, 2.24) is 35.1 Å². The van der Waals surface area contributed by atoms with Crippen LogP contribution in [-0.4, -0.2) is 175 Å². The van der Waals surface area contributed by atoms with Crippen molar-refractivity contribution in [3.05, 3.63) is 254 Å². The van der Waals surface area contributed by atoms with Gasteiger partial charge in [-0.3, -0.25) is 9.69 Å². The quantitative estimate of drug-likeness (QED) is 0.104. The molecule has 8 heterocycles. The Bertz CT molecular complexity index is 4260. The number of fused-ring (bicyclic) bond motifs is 1. The maximum atomic E-state index is 11.8. The van der Waals surface area contributed by atoms with Crippen LogP contribution in [0.25, 0.3) is 11.1 Å². The highest BCUT2D eigenvalue weighted by Gasteiger charge is 2.32. The van der Waals surface area contributed by atoms with E-state index in [2.05, 4.69) is 389 Å². The Balaban J connectivity index is 0.000000165. The predicted molar refractivity (Wildman–Crippen MR) is 544 cm³/mol. The Hall–Kier alpha value is -6.64. The summed E-state index contributed by atoms with van der Waals surface area (Å²) in [5.74, 6) is 3.38. The number of thioether (sulfide) groups is 1. The number of anilines is 1. The SMILES string of the molecule is CC(C)(C)Cc1ccc(C2SCCNC2=O)cc1.CC(C)(C)Cc1ccc(N2CCN3CCCC3C2)cc1.CC(C)Cc1ccc(C2=CCNCC2)cc1.CN1CC=C(c2ccc(CC(C)(C)C)cc2)CC1.CN1CCC(c2ccc(CC(C)(C)C)cc2)C1.CN1CCCC(c2ccc(CC(C)(C)C)cc2)C1.CN1CCOC(c2ccc(CC(C)(C)C)cc2)C1. The van der Waals surface area contributed by atoms with Gasteiger partial charge < -0.3 is 39.9 Å². The van der Waals surface area contributed by atoms with E-state index in [0.29, 0.717) is 32.5 Å². The van der Waals surface area contributed by atoms with E-state index >= 15 is 0 Å². The van der Waals surface area contributed by atoms with Gasteiger partial charge in [0.05, 0.1) is 12.7 Å². The largest absolute Gasteiger partial charge is 0.371 e. The third kappa shape index (κ3) is 38.1. The number of hydrogen-bond donors (Lipinski definition) is 2. The van der Waals surface area contributed by atoms with Crippen LogP contribution in [0.15, 0.2) is 182 Å². The first kappa shape index (κ1) is 102. The molecule has 10 nitrogen and oxygen atoms in total. The molecule has 8 aliphatic rings. The molecule has 15 rings (SSSR count). The van der Waals surface area contributed by atoms with E-state index in [1.807, 2.05) is 0 Å². The van der Waals surface area contributed by atoms with Gasteiger partial charge in [-0.25, -0.2) is 0 Å². The van der Waals surface area contributed by atoms with Crippen molar-refractivity contribution in [2.45, 2.75) is 258 Å². The number of amides is 1. The predicted octanol–water partition coefficient (Wildman–Crippen LogP) is 25.1. The Morgan fingerprint density at radius 3 is 1.25 bits per heavy atom. The summed E-state index contributed by atoms with van der Waals surface area (Å²) in [4.78, 5) is 26.6. The van der Waals surface area contributed by atoms with Crippen LogP contribution >= 0.6 is 11.8 Å². The van der Waals surface area contributed by atoms with Gasteiger partial charge in [-0.05, 0) is 290 Å². The van der Waals surface area contributed by atoms with Gasteiger partial charge in [-0.2, -0.15) is 0 Å². The second-order valence-corrected chi connectivity index (χ2v) is 47.0. The minimum atomic E-state index is -0.0255. The van der Waals surface area contributed by atoms with Gasteiger partial charge in [0.2, 0.25) is 5.91 Å². The smallest absolute Gasteiger partial charge is 0.237 e. The van der Waals surface area contributed by atoms with Crippen LogP contribution in [0.4, 0.5) is 5.69 Å². The Morgan fingerprint density at radius 2 is 0.824 bits per heavy atom. The zero-order chi connectivity index (χ0) is 90.7. The van der Waals surface area contributed by atoms with Crippen LogP contribution in [0.1, 0.15) is 279 Å². The van der Waals surface area contributed by atoms with Gasteiger partial charge in [0, 0.05) is 89.5 Å². The molecule has 7 aromatic rings. The zero-order valence-corrected chi connectivity index (χ0v) is 83.9. The summed E-state index contributed by atoms with van der Waals surface area (Å²) >= 11 is 1.73. The highest BCUT2D eigenvalue weighted by Crippen LogP contribution is 2.36. The minimum Gasteiger partial charge on any atom is -0.371 e. The average Bonchev–Trinajstić information content (AvgIpc) is 1.75. The fourth-order valence-electron chi connectivity index (χ4n) is 18.7. The summed E-state index contributed by atoms with van der Waals surface area (Å²) in [6.07, 6.45) is 22.0. The molecule has 6 saturated heterocycles. The Kier molecular flexibility index (Phi) is 39.5. The van der Waals surface area contributed by atoms with E-state index in [-0.39, 0.29) is 17.3 Å². The molecule has 0 spiro atoms. The number of ether oxygens (including phenoxy) is 1. The van der Waals surface area contributed by atoms with Crippen molar-refractivity contribution in [3.63, 3.8) is 0 Å². The lowest BCUT2D eigenvalue weighted by Gasteiger charge is -2.38. The number of likely N-dealkylation sites (tertiary alicyclic amines) is 2. The van der Waals surface area contributed by atoms with Crippen molar-refractivity contribution in [2.75, 3.05) is 144 Å². The first-order valence-corrected chi connectivity index (χ1v) is 49.5. The molecule has 6 fully saturated rings. The van der Waals surface area contributed by atoms with Crippen LogP contribution in [0.3, 0.4) is 0 Å². The van der Waals surface area contributed by atoms with Crippen molar-refractivity contribution in [2.24, 2.45) is 38.4 Å². The first-order chi connectivity index (χ1) is 59.0. The monoisotopic (exact) mass is 1720 g/mol. The highest BCUT2D eigenvalue weighted by molar-refractivity contribution is 8.00. The summed E-state index contributed by atoms with van der Waals surface area (Å²) in [6.45, 7) is 63.7. The minimum absolute atomic E-state index is 0.0255. The van der Waals surface area contributed by atoms with Crippen LogP contribution in [-0.2, 0) is 54.5 Å². The van der Waals surface area contributed by atoms with E-state index in [4.69, 9.17) is 4.74 Å². The van der Waals surface area contributed by atoms with Crippen LogP contribution in [0.5, 0.6) is 0 Å². The molecule has 0 aromatic heterocycles. The zero-order valence-electron chi connectivity index (χ0n) is 83.1. The molecule has 0 radical (unpaired) electrons. The molecule has 11 heteroatoms. The molecule has 1 amide bonds. The molecular formula is C114H172N8O2S. The standard InChI is InChI=1S/C18H28N2.C17H25N.C17H27N.C16H25NO.C16H25N.C15H21NOS.C15H21N/c1-18(2,3)13-15-6-8-16(9-7-15)20-12-11-19-10-4-5-17(19)14-20;1-17(2,3)13-14-5-7-15(8-6-14)16-9-11-18(4)12-10-16;1-17(2,3)12-14-7-9-15(10-8-14)16-6-5-11-18(4)13-16;1-16(2,3)11-13-5-7-14(8-6-13)15-12-17(4)9-10-18-15;1-16(2,3)11-13-5-7-14(8-6-13)15-9-10-17(4)12-15;1-15(2,3)10-11-4-6-12(7-5-11)13-14(17)16-8-9-18-13;1-12(2)11-13-3-5-14(6-4-13)15-7-9-16-10-8-15/h6-9,17H,4-5,10-14H2,1-3H3;5-9H,10-13H2,1-4H3;7-10,16H,5-6,11-13H2,1-4H3;5-8,15H,9-12H2,1-4H3;5-8,15H,9-12H2,1-4H3;4-7,13H,8-10H2,1-3H3,(H,16,17);3-7,12,16H,8-11H2,1-2H3. The highest BCUT2D eigenvalue weighted by atomic mass is 32.2. The van der Waals surface area contributed by atoms with E-state index in [1.165, 1.54) is 187 Å². The Labute approximate surface area is 768 Å². The number of piperidine rings is 1. The third-order valence-corrected chi connectivity index (χ3v) is 26.1. The topological polar surface area (TPSA) is 69.8 Å². The van der Waals surface area contributed by atoms with Gasteiger partial charge in [-0.15, -0.1) is 11.8 Å². The molecule has 125 heavy (non-hydrogen) atoms. The number of likely N-dealkylation sites (N-methyl/N-ethyl adjacent to an activating group) is 4. The second kappa shape index (κ2) is 48.3. The molecule has 2 N–H and O–H groups in total. The molecule has 0 saturated carbocycles. The van der Waals surface area contributed by atoms with Gasteiger partial charge in [-0.1, -0.05) is 308 Å². The number of carbonyl (C=O) groups excluding carboxylic acids is 1. The molecule has 686 valence electrons. The number of rotatable bonds is 15. The van der Waals surface area contributed by atoms with Crippen molar-refractivity contribution < 1.29 is 9.53 Å². The molecule has 8 aliphatic heterocycles. The van der Waals surface area contributed by atoms with E-state index in [9.17, 15) is 4.79 Å². The van der Waals surface area contributed by atoms with E-state index in [0.717, 1.165) is 126 Å². The lowest BCUT2D eigenvalue weighted by molar-refractivity contribution is -0.120. The van der Waals surface area contributed by atoms with Crippen molar-refractivity contribution in [1.29, 1.82) is 0 Å². The van der Waals surface area contributed by atoms with Gasteiger partial charge >= 0.3 is 0 Å². The third-order valence-electron chi connectivity index (χ3n) is 24.8. The number of nitrogens with one attached hydrogen (secondary N) is 2. The summed E-state index contributed by atoms with van der Waals surface area (Å²) in [6, 6.07) is 64.5. The summed E-state index contributed by atoms with van der Waals surface area (Å²) in [5, 5.41) is 6.24. The Morgan fingerprint density at radius 1 is 0.400 bits per heavy atom. The first-order valence-electron chi connectivity index (χ1n) is 48.4. The van der Waals surface area contributed by atoms with Gasteiger partial charge in [0.15, 0.2) is 0 Å².